The predicted octanol–water partition coefficient (Wildman–Crippen LogP) is 1.56. The number of imidazole rings is 1. The van der Waals surface area contributed by atoms with Crippen LogP contribution in [0.5, 0.6) is 0 Å². The van der Waals surface area contributed by atoms with Crippen LogP contribution >= 0.6 is 0 Å². The average molecular weight is 222 g/mol. The van der Waals surface area contributed by atoms with Crippen LogP contribution in [0.25, 0.3) is 0 Å². The summed E-state index contributed by atoms with van der Waals surface area (Å²) in [6, 6.07) is 1.00. The molecule has 1 aliphatic carbocycles. The first kappa shape index (κ1) is 11.6. The zero-order valence-corrected chi connectivity index (χ0v) is 10.3. The highest BCUT2D eigenvalue weighted by molar-refractivity contribution is 5.10. The molecule has 1 aromatic rings. The van der Waals surface area contributed by atoms with Gasteiger partial charge in [-0.2, -0.15) is 0 Å². The lowest BCUT2D eigenvalue weighted by Gasteiger charge is -2.29. The predicted molar refractivity (Wildman–Crippen MR) is 65.2 cm³/mol. The minimum Gasteiger partial charge on any atom is -0.330 e. The molecule has 1 saturated carbocycles. The van der Waals surface area contributed by atoms with Gasteiger partial charge in [-0.25, -0.2) is 4.98 Å². The molecule has 0 saturated heterocycles. The fourth-order valence-corrected chi connectivity index (χ4v) is 2.35. The third-order valence-electron chi connectivity index (χ3n) is 3.45. The molecule has 2 rings (SSSR count). The molecule has 0 aliphatic heterocycles. The smallest absolute Gasteiger partial charge is 0.0951 e. The highest BCUT2D eigenvalue weighted by atomic mass is 15.2. The Kier molecular flexibility index (Phi) is 3.61. The molecule has 1 atom stereocenters. The van der Waals surface area contributed by atoms with Crippen molar-refractivity contribution in [2.24, 2.45) is 5.73 Å². The number of hydrogen-bond acceptors (Lipinski definition) is 3. The van der Waals surface area contributed by atoms with Gasteiger partial charge in [-0.05, 0) is 25.9 Å². The standard InChI is InChI=1S/C12H22N4/c1-3-15(4-2)11(7-13)12-8-14-9-16(12)10-5-6-10/h8-11H,3-7,13H2,1-2H3. The molecule has 0 aromatic carbocycles. The summed E-state index contributed by atoms with van der Waals surface area (Å²) in [4.78, 5) is 6.68. The molecule has 0 bridgehead atoms. The maximum absolute atomic E-state index is 5.92. The molecule has 1 heterocycles. The van der Waals surface area contributed by atoms with Crippen LogP contribution in [-0.2, 0) is 0 Å². The van der Waals surface area contributed by atoms with Crippen molar-refractivity contribution in [2.75, 3.05) is 19.6 Å². The van der Waals surface area contributed by atoms with Gasteiger partial charge < -0.3 is 10.3 Å². The Bertz CT molecular complexity index is 326. The summed E-state index contributed by atoms with van der Waals surface area (Å²) in [5.41, 5.74) is 7.21. The number of likely N-dealkylation sites (N-methyl/N-ethyl adjacent to an activating group) is 1. The maximum atomic E-state index is 5.92. The Morgan fingerprint density at radius 3 is 2.69 bits per heavy atom. The number of aromatic nitrogens is 2. The van der Waals surface area contributed by atoms with Crippen LogP contribution in [0, 0.1) is 0 Å². The monoisotopic (exact) mass is 222 g/mol. The van der Waals surface area contributed by atoms with Gasteiger partial charge in [0, 0.05) is 18.8 Å². The van der Waals surface area contributed by atoms with E-state index in [4.69, 9.17) is 5.73 Å². The molecule has 4 nitrogen and oxygen atoms in total. The third-order valence-corrected chi connectivity index (χ3v) is 3.45. The van der Waals surface area contributed by atoms with Crippen LogP contribution in [0.1, 0.15) is 44.5 Å². The van der Waals surface area contributed by atoms with Crippen molar-refractivity contribution in [3.05, 3.63) is 18.2 Å². The van der Waals surface area contributed by atoms with E-state index in [9.17, 15) is 0 Å². The lowest BCUT2D eigenvalue weighted by atomic mass is 10.2. The molecule has 0 amide bonds. The number of nitrogens with zero attached hydrogens (tertiary/aromatic N) is 3. The minimum absolute atomic E-state index is 0.318. The second kappa shape index (κ2) is 4.97. The SMILES string of the molecule is CCN(CC)C(CN)c1cncn1C1CC1. The van der Waals surface area contributed by atoms with E-state index in [1.807, 2.05) is 12.5 Å². The highest BCUT2D eigenvalue weighted by Gasteiger charge is 2.28. The van der Waals surface area contributed by atoms with E-state index in [0.717, 1.165) is 13.1 Å². The molecule has 0 radical (unpaired) electrons. The molecular weight excluding hydrogens is 200 g/mol. The Morgan fingerprint density at radius 2 is 2.19 bits per heavy atom. The molecular formula is C12H22N4. The minimum atomic E-state index is 0.318. The van der Waals surface area contributed by atoms with Crippen molar-refractivity contribution in [3.8, 4) is 0 Å². The van der Waals surface area contributed by atoms with Gasteiger partial charge in [0.1, 0.15) is 0 Å². The largest absolute Gasteiger partial charge is 0.330 e. The van der Waals surface area contributed by atoms with E-state index in [2.05, 4.69) is 28.3 Å². The van der Waals surface area contributed by atoms with Gasteiger partial charge >= 0.3 is 0 Å². The van der Waals surface area contributed by atoms with Crippen LogP contribution in [0.15, 0.2) is 12.5 Å². The normalized spacial score (nSPS) is 18.0. The van der Waals surface area contributed by atoms with Gasteiger partial charge in [-0.1, -0.05) is 13.8 Å². The van der Waals surface area contributed by atoms with Crippen LogP contribution < -0.4 is 5.73 Å². The summed E-state index contributed by atoms with van der Waals surface area (Å²) in [5, 5.41) is 0. The van der Waals surface area contributed by atoms with E-state index < -0.39 is 0 Å². The maximum Gasteiger partial charge on any atom is 0.0951 e. The Balaban J connectivity index is 2.21. The van der Waals surface area contributed by atoms with Crippen LogP contribution in [0.4, 0.5) is 0 Å². The summed E-state index contributed by atoms with van der Waals surface area (Å²) >= 11 is 0. The van der Waals surface area contributed by atoms with Crippen molar-refractivity contribution < 1.29 is 0 Å². The van der Waals surface area contributed by atoms with Crippen LogP contribution in [0.3, 0.4) is 0 Å². The number of rotatable bonds is 6. The molecule has 2 N–H and O–H groups in total. The number of nitrogens with two attached hydrogens (primary N) is 1. The average Bonchev–Trinajstić information content (AvgIpc) is 3.05. The van der Waals surface area contributed by atoms with Gasteiger partial charge in [-0.3, -0.25) is 4.90 Å². The summed E-state index contributed by atoms with van der Waals surface area (Å²) < 4.78 is 2.32. The van der Waals surface area contributed by atoms with Crippen LogP contribution in [-0.4, -0.2) is 34.1 Å². The first-order valence-electron chi connectivity index (χ1n) is 6.27. The van der Waals surface area contributed by atoms with E-state index in [1.165, 1.54) is 18.5 Å². The quantitative estimate of drug-likeness (QED) is 0.794. The molecule has 16 heavy (non-hydrogen) atoms. The van der Waals surface area contributed by atoms with Gasteiger partial charge in [0.25, 0.3) is 0 Å². The molecule has 1 aromatic heterocycles. The fourth-order valence-electron chi connectivity index (χ4n) is 2.35. The second-order valence-corrected chi connectivity index (χ2v) is 4.43. The lowest BCUT2D eigenvalue weighted by molar-refractivity contribution is 0.215. The van der Waals surface area contributed by atoms with Crippen molar-refractivity contribution in [2.45, 2.75) is 38.8 Å². The van der Waals surface area contributed by atoms with E-state index in [0.29, 0.717) is 18.6 Å². The highest BCUT2D eigenvalue weighted by Crippen LogP contribution is 2.37. The summed E-state index contributed by atoms with van der Waals surface area (Å²) in [7, 11) is 0. The summed E-state index contributed by atoms with van der Waals surface area (Å²) in [6.45, 7) is 7.11. The summed E-state index contributed by atoms with van der Waals surface area (Å²) in [5.74, 6) is 0. The third kappa shape index (κ3) is 2.13. The van der Waals surface area contributed by atoms with Gasteiger partial charge in [0.2, 0.25) is 0 Å². The first-order valence-corrected chi connectivity index (χ1v) is 6.27. The van der Waals surface area contributed by atoms with Crippen molar-refractivity contribution in [1.82, 2.24) is 14.5 Å². The molecule has 4 heteroatoms. The van der Waals surface area contributed by atoms with Gasteiger partial charge in [-0.15, -0.1) is 0 Å². The van der Waals surface area contributed by atoms with Crippen molar-refractivity contribution in [1.29, 1.82) is 0 Å². The molecule has 90 valence electrons. The zero-order chi connectivity index (χ0) is 11.5. The Hall–Kier alpha value is -0.870. The zero-order valence-electron chi connectivity index (χ0n) is 10.3. The van der Waals surface area contributed by atoms with E-state index in [-0.39, 0.29) is 0 Å². The van der Waals surface area contributed by atoms with E-state index in [1.54, 1.807) is 0 Å². The van der Waals surface area contributed by atoms with Crippen molar-refractivity contribution >= 4 is 0 Å². The molecule has 1 aliphatic rings. The fraction of sp³-hybridized carbons (Fsp3) is 0.750. The molecule has 0 spiro atoms. The van der Waals surface area contributed by atoms with Gasteiger partial charge in [0.05, 0.1) is 18.1 Å². The second-order valence-electron chi connectivity index (χ2n) is 4.43. The topological polar surface area (TPSA) is 47.1 Å². The Morgan fingerprint density at radius 1 is 1.50 bits per heavy atom. The Labute approximate surface area is 97.4 Å². The molecule has 1 fully saturated rings. The van der Waals surface area contributed by atoms with Crippen LogP contribution in [0.2, 0.25) is 0 Å². The lowest BCUT2D eigenvalue weighted by Crippen LogP contribution is -2.34. The van der Waals surface area contributed by atoms with E-state index >= 15 is 0 Å². The molecule has 1 unspecified atom stereocenters. The summed E-state index contributed by atoms with van der Waals surface area (Å²) in [6.07, 6.45) is 6.52. The van der Waals surface area contributed by atoms with Gasteiger partial charge in [0.15, 0.2) is 0 Å². The first-order chi connectivity index (χ1) is 7.81. The van der Waals surface area contributed by atoms with Crippen molar-refractivity contribution in [3.63, 3.8) is 0 Å². The number of hydrogen-bond donors (Lipinski definition) is 1.